The second kappa shape index (κ2) is 6.64. The highest BCUT2D eigenvalue weighted by Gasteiger charge is 2.18. The van der Waals surface area contributed by atoms with E-state index in [9.17, 15) is 4.79 Å². The molecular weight excluding hydrogens is 366 g/mol. The van der Waals surface area contributed by atoms with Crippen LogP contribution in [0.15, 0.2) is 30.6 Å². The maximum absolute atomic E-state index is 12.5. The minimum absolute atomic E-state index is 0.136. The van der Waals surface area contributed by atoms with E-state index in [4.69, 9.17) is 17.3 Å². The van der Waals surface area contributed by atoms with E-state index in [2.05, 4.69) is 25.4 Å². The van der Waals surface area contributed by atoms with Crippen molar-refractivity contribution in [3.05, 3.63) is 41.2 Å². The first-order chi connectivity index (χ1) is 13.0. The van der Waals surface area contributed by atoms with Crippen molar-refractivity contribution in [2.75, 3.05) is 6.54 Å². The summed E-state index contributed by atoms with van der Waals surface area (Å²) in [5, 5.41) is 8.94. The highest BCUT2D eigenvalue weighted by atomic mass is 35.5. The van der Waals surface area contributed by atoms with E-state index in [0.29, 0.717) is 39.7 Å². The van der Waals surface area contributed by atoms with Crippen molar-refractivity contribution in [3.8, 4) is 11.4 Å². The van der Waals surface area contributed by atoms with Gasteiger partial charge >= 0.3 is 0 Å². The van der Waals surface area contributed by atoms with Crippen LogP contribution in [-0.4, -0.2) is 43.2 Å². The quantitative estimate of drug-likeness (QED) is 0.500. The second-order valence-electron chi connectivity index (χ2n) is 6.40. The van der Waals surface area contributed by atoms with Gasteiger partial charge in [-0.25, -0.2) is 9.97 Å². The Balaban J connectivity index is 1.82. The lowest BCUT2D eigenvalue weighted by atomic mass is 10.1. The van der Waals surface area contributed by atoms with Gasteiger partial charge in [0.25, 0.3) is 5.91 Å². The minimum Gasteiger partial charge on any atom is -0.348 e. The number of rotatable bonds is 4. The third-order valence-electron chi connectivity index (χ3n) is 4.41. The van der Waals surface area contributed by atoms with E-state index < -0.39 is 0 Å². The molecule has 3 aromatic heterocycles. The van der Waals surface area contributed by atoms with E-state index in [0.717, 1.165) is 10.9 Å². The molecule has 0 spiro atoms. The summed E-state index contributed by atoms with van der Waals surface area (Å²) in [6.07, 6.45) is 3.24. The number of nitrogens with two attached hydrogens (primary N) is 1. The molecule has 0 aliphatic heterocycles. The first-order valence-electron chi connectivity index (χ1n) is 8.45. The standard InChI is InChI=1S/C18H18ClN7O/c1-9(6-20)23-18(27)12-7-21-17-16(12)24-13(8-22-17)15-11-4-3-10(19)5-14(11)26(2)25-15/h3-5,7-9H,6,20H2,1-2H3,(H,21,22)(H,23,27)/t9-/m0/s1. The molecule has 0 aliphatic carbocycles. The van der Waals surface area contributed by atoms with Crippen LogP contribution in [0.25, 0.3) is 33.5 Å². The smallest absolute Gasteiger partial charge is 0.255 e. The van der Waals surface area contributed by atoms with Crippen molar-refractivity contribution in [1.82, 2.24) is 30.0 Å². The second-order valence-corrected chi connectivity index (χ2v) is 6.84. The highest BCUT2D eigenvalue weighted by molar-refractivity contribution is 6.31. The normalized spacial score (nSPS) is 12.6. The van der Waals surface area contributed by atoms with Crippen LogP contribution >= 0.6 is 11.6 Å². The summed E-state index contributed by atoms with van der Waals surface area (Å²) in [5.41, 5.74) is 9.18. The third kappa shape index (κ3) is 3.02. The van der Waals surface area contributed by atoms with Gasteiger partial charge in [-0.3, -0.25) is 9.48 Å². The Morgan fingerprint density at radius 2 is 2.26 bits per heavy atom. The predicted octanol–water partition coefficient (Wildman–Crippen LogP) is 2.24. The molecule has 27 heavy (non-hydrogen) atoms. The van der Waals surface area contributed by atoms with Crippen LogP contribution in [0.4, 0.5) is 0 Å². The summed E-state index contributed by atoms with van der Waals surface area (Å²) in [7, 11) is 1.84. The molecule has 0 saturated heterocycles. The average molecular weight is 384 g/mol. The Bertz CT molecular complexity index is 1160. The number of H-pyrrole nitrogens is 1. The van der Waals surface area contributed by atoms with Crippen LogP contribution in [0, 0.1) is 0 Å². The number of hydrogen-bond donors (Lipinski definition) is 3. The lowest BCUT2D eigenvalue weighted by Crippen LogP contribution is -2.37. The van der Waals surface area contributed by atoms with E-state index in [-0.39, 0.29) is 11.9 Å². The summed E-state index contributed by atoms with van der Waals surface area (Å²) in [6, 6.07) is 5.43. The van der Waals surface area contributed by atoms with Gasteiger partial charge in [0.2, 0.25) is 0 Å². The Labute approximate surface area is 159 Å². The molecule has 1 atom stereocenters. The lowest BCUT2D eigenvalue weighted by molar-refractivity contribution is 0.0943. The van der Waals surface area contributed by atoms with Crippen LogP contribution in [0.1, 0.15) is 17.3 Å². The minimum atomic E-state index is -0.247. The summed E-state index contributed by atoms with van der Waals surface area (Å²) in [6.45, 7) is 2.20. The number of nitrogens with one attached hydrogen (secondary N) is 2. The SMILES string of the molecule is C[C@@H](CN)NC(=O)c1c[nH]c2ncc(-c3nn(C)c4cc(Cl)ccc34)nc12. The van der Waals surface area contributed by atoms with Crippen molar-refractivity contribution in [1.29, 1.82) is 0 Å². The molecule has 9 heteroatoms. The number of carbonyl (C=O) groups excluding carboxylic acids is 1. The topological polar surface area (TPSA) is 115 Å². The van der Waals surface area contributed by atoms with Gasteiger partial charge in [0.05, 0.1) is 17.3 Å². The number of benzene rings is 1. The zero-order chi connectivity index (χ0) is 19.1. The van der Waals surface area contributed by atoms with Crippen molar-refractivity contribution in [3.63, 3.8) is 0 Å². The van der Waals surface area contributed by atoms with E-state index in [1.54, 1.807) is 17.1 Å². The molecule has 4 rings (SSSR count). The van der Waals surface area contributed by atoms with Crippen LogP contribution in [-0.2, 0) is 7.05 Å². The largest absolute Gasteiger partial charge is 0.348 e. The summed E-state index contributed by atoms with van der Waals surface area (Å²) in [4.78, 5) is 24.5. The zero-order valence-corrected chi connectivity index (χ0v) is 15.6. The Kier molecular flexibility index (Phi) is 4.29. The van der Waals surface area contributed by atoms with Crippen LogP contribution < -0.4 is 11.1 Å². The number of nitrogens with zero attached hydrogens (tertiary/aromatic N) is 4. The van der Waals surface area contributed by atoms with Crippen molar-refractivity contribution in [2.45, 2.75) is 13.0 Å². The van der Waals surface area contributed by atoms with Crippen LogP contribution in [0.5, 0.6) is 0 Å². The van der Waals surface area contributed by atoms with Gasteiger partial charge in [0, 0.05) is 36.2 Å². The fourth-order valence-corrected chi connectivity index (χ4v) is 3.13. The number of carbonyl (C=O) groups is 1. The summed E-state index contributed by atoms with van der Waals surface area (Å²) < 4.78 is 1.75. The number of aromatic nitrogens is 5. The molecule has 8 nitrogen and oxygen atoms in total. The molecule has 0 unspecified atom stereocenters. The average Bonchev–Trinajstić information content (AvgIpc) is 3.22. The number of fused-ring (bicyclic) bond motifs is 2. The summed E-state index contributed by atoms with van der Waals surface area (Å²) in [5.74, 6) is -0.247. The van der Waals surface area contributed by atoms with Crippen molar-refractivity contribution >= 4 is 39.6 Å². The fourth-order valence-electron chi connectivity index (χ4n) is 2.96. The maximum atomic E-state index is 12.5. The molecule has 0 bridgehead atoms. The first kappa shape index (κ1) is 17.4. The Hall–Kier alpha value is -2.97. The molecule has 1 amide bonds. The van der Waals surface area contributed by atoms with Gasteiger partial charge in [0.15, 0.2) is 5.65 Å². The van der Waals surface area contributed by atoms with Crippen molar-refractivity contribution in [2.24, 2.45) is 12.8 Å². The van der Waals surface area contributed by atoms with Gasteiger partial charge in [-0.2, -0.15) is 5.10 Å². The molecule has 138 valence electrons. The van der Waals surface area contributed by atoms with E-state index >= 15 is 0 Å². The first-order valence-corrected chi connectivity index (χ1v) is 8.83. The number of hydrogen-bond acceptors (Lipinski definition) is 5. The molecular formula is C18H18ClN7O. The lowest BCUT2D eigenvalue weighted by Gasteiger charge is -2.10. The molecule has 0 radical (unpaired) electrons. The van der Waals surface area contributed by atoms with Crippen molar-refractivity contribution < 1.29 is 4.79 Å². The van der Waals surface area contributed by atoms with Gasteiger partial charge in [-0.15, -0.1) is 0 Å². The fraction of sp³-hybridized carbons (Fsp3) is 0.222. The van der Waals surface area contributed by atoms with Crippen LogP contribution in [0.3, 0.4) is 0 Å². The molecule has 0 fully saturated rings. The Morgan fingerprint density at radius 1 is 1.44 bits per heavy atom. The third-order valence-corrected chi connectivity index (χ3v) is 4.65. The van der Waals surface area contributed by atoms with E-state index in [1.807, 2.05) is 32.2 Å². The monoisotopic (exact) mass is 383 g/mol. The van der Waals surface area contributed by atoms with Gasteiger partial charge in [-0.05, 0) is 25.1 Å². The van der Waals surface area contributed by atoms with Gasteiger partial charge in [0.1, 0.15) is 16.9 Å². The molecule has 0 saturated carbocycles. The molecule has 4 N–H and O–H groups in total. The number of aryl methyl sites for hydroxylation is 1. The molecule has 1 aromatic carbocycles. The predicted molar refractivity (Wildman–Crippen MR) is 105 cm³/mol. The summed E-state index contributed by atoms with van der Waals surface area (Å²) >= 11 is 6.09. The van der Waals surface area contributed by atoms with Crippen LogP contribution in [0.2, 0.25) is 5.02 Å². The van der Waals surface area contributed by atoms with Gasteiger partial charge < -0.3 is 16.0 Å². The Morgan fingerprint density at radius 3 is 3.04 bits per heavy atom. The molecule has 4 aromatic rings. The number of amides is 1. The highest BCUT2D eigenvalue weighted by Crippen LogP contribution is 2.29. The molecule has 0 aliphatic rings. The zero-order valence-electron chi connectivity index (χ0n) is 14.8. The number of halogens is 1. The van der Waals surface area contributed by atoms with E-state index in [1.165, 1.54) is 0 Å². The maximum Gasteiger partial charge on any atom is 0.255 e. The molecule has 3 heterocycles. The number of aromatic amines is 1. The van der Waals surface area contributed by atoms with Gasteiger partial charge in [-0.1, -0.05) is 11.6 Å².